The van der Waals surface area contributed by atoms with Crippen LogP contribution in [0.15, 0.2) is 72.8 Å². The second-order valence-electron chi connectivity index (χ2n) is 12.0. The lowest BCUT2D eigenvalue weighted by molar-refractivity contribution is -0.151. The third-order valence-corrected chi connectivity index (χ3v) is 10.4. The number of rotatable bonds is 15. The number of benzene rings is 3. The highest BCUT2D eigenvalue weighted by Crippen LogP contribution is 2.31. The summed E-state index contributed by atoms with van der Waals surface area (Å²) in [6.45, 7) is 7.66. The second-order valence-corrected chi connectivity index (χ2v) is 14.3. The predicted octanol–water partition coefficient (Wildman–Crippen LogP) is 6.28. The largest absolute Gasteiger partial charge is 0.497 e. The van der Waals surface area contributed by atoms with E-state index >= 15 is 0 Å². The number of likely N-dealkylation sites (N-methyl/N-ethyl adjacent to an activating group) is 1. The molecule has 260 valence electrons. The molecule has 3 aromatic carbocycles. The maximum absolute atomic E-state index is 13.4. The van der Waals surface area contributed by atoms with Crippen LogP contribution in [0.1, 0.15) is 55.4 Å². The summed E-state index contributed by atoms with van der Waals surface area (Å²) in [5.41, 5.74) is 4.59. The molecule has 1 atom stereocenters. The molecule has 1 aliphatic heterocycles. The van der Waals surface area contributed by atoms with Crippen LogP contribution in [0.2, 0.25) is 5.02 Å². The molecule has 0 bridgehead atoms. The molecule has 1 unspecified atom stereocenters. The van der Waals surface area contributed by atoms with Gasteiger partial charge in [-0.15, -0.1) is 0 Å². The Kier molecular flexibility index (Phi) is 14.7. The van der Waals surface area contributed by atoms with Crippen LogP contribution in [-0.2, 0) is 32.7 Å². The quantitative estimate of drug-likeness (QED) is 0.187. The van der Waals surface area contributed by atoms with Gasteiger partial charge in [-0.1, -0.05) is 60.1 Å². The molecule has 1 saturated heterocycles. The Labute approximate surface area is 290 Å². The molecule has 9 nitrogen and oxygen atoms in total. The number of nitrogens with one attached hydrogen (secondary N) is 1. The lowest BCUT2D eigenvalue weighted by Crippen LogP contribution is -2.64. The van der Waals surface area contributed by atoms with E-state index in [4.69, 9.17) is 21.1 Å². The van der Waals surface area contributed by atoms with E-state index in [1.54, 1.807) is 42.3 Å². The zero-order valence-electron chi connectivity index (χ0n) is 28.8. The van der Waals surface area contributed by atoms with Crippen molar-refractivity contribution in [1.82, 2.24) is 14.5 Å². The second kappa shape index (κ2) is 18.2. The van der Waals surface area contributed by atoms with Gasteiger partial charge in [0.1, 0.15) is 17.8 Å². The number of ether oxygens (including phenoxy) is 2. The fourth-order valence-corrected chi connectivity index (χ4v) is 6.61. The fraction of sp³-hybridized carbons (Fsp3) is 0.405. The molecule has 0 aromatic heterocycles. The number of likely N-dealkylation sites (tertiary alicyclic amines) is 1. The number of sulfonamides is 1. The molecule has 3 aromatic rings. The number of hydrogen-bond acceptors (Lipinski definition) is 7. The van der Waals surface area contributed by atoms with Crippen molar-refractivity contribution in [1.29, 1.82) is 0 Å². The van der Waals surface area contributed by atoms with Crippen LogP contribution in [0.3, 0.4) is 0 Å². The van der Waals surface area contributed by atoms with E-state index in [1.807, 2.05) is 62.2 Å². The first-order valence-electron chi connectivity index (χ1n) is 16.0. The molecule has 11 heteroatoms. The summed E-state index contributed by atoms with van der Waals surface area (Å²) in [6, 6.07) is 20.7. The predicted molar refractivity (Wildman–Crippen MR) is 193 cm³/mol. The van der Waals surface area contributed by atoms with Gasteiger partial charge in [-0.25, -0.2) is 13.1 Å². The van der Waals surface area contributed by atoms with Crippen LogP contribution >= 0.6 is 11.6 Å². The third-order valence-electron chi connectivity index (χ3n) is 8.77. The number of aldehydes is 1. The number of methoxy groups -OCH3 is 2. The first kappa shape index (κ1) is 38.7. The Hall–Kier alpha value is -3.70. The summed E-state index contributed by atoms with van der Waals surface area (Å²) in [4.78, 5) is 27.6. The number of nitrogens with zero attached hydrogens (tertiary/aromatic N) is 2. The number of carbonyl (C=O) groups is 2. The molecule has 1 aliphatic rings. The highest BCUT2D eigenvalue weighted by atomic mass is 35.5. The lowest BCUT2D eigenvalue weighted by atomic mass is 9.85. The van der Waals surface area contributed by atoms with Gasteiger partial charge in [-0.3, -0.25) is 9.69 Å². The first-order valence-corrected chi connectivity index (χ1v) is 18.0. The molecule has 0 saturated carbocycles. The average Bonchev–Trinajstić information content (AvgIpc) is 3.09. The smallest absolute Gasteiger partial charge is 0.243 e. The Bertz CT molecular complexity index is 1660. The topological polar surface area (TPSA) is 105 Å². The lowest BCUT2D eigenvalue weighted by Gasteiger charge is -2.49. The number of carbonyl (C=O) groups excluding carboxylic acids is 2. The zero-order chi connectivity index (χ0) is 35.3. The number of halogens is 1. The van der Waals surface area contributed by atoms with Gasteiger partial charge >= 0.3 is 0 Å². The van der Waals surface area contributed by atoms with Crippen LogP contribution in [0.5, 0.6) is 11.5 Å². The van der Waals surface area contributed by atoms with Crippen LogP contribution in [-0.4, -0.2) is 76.1 Å². The van der Waals surface area contributed by atoms with Crippen LogP contribution in [0.4, 0.5) is 0 Å². The SMILES string of the molecule is C/C=C(/CC=O)c1ccccc1C.COc1ccc(CNS(=O)(=O)CCCN(Cc2ccc(Cl)cc2)C(=O)C2(C)CCN2C)c(OC)c1. The van der Waals surface area contributed by atoms with E-state index in [9.17, 15) is 18.0 Å². The molecule has 48 heavy (non-hydrogen) atoms. The van der Waals surface area contributed by atoms with Crippen molar-refractivity contribution >= 4 is 39.4 Å². The molecule has 1 N–H and O–H groups in total. The summed E-state index contributed by atoms with van der Waals surface area (Å²) in [5, 5.41) is 0.628. The third kappa shape index (κ3) is 10.7. The van der Waals surface area contributed by atoms with Crippen molar-refractivity contribution in [3.8, 4) is 11.5 Å². The number of allylic oxidation sites excluding steroid dienone is 2. The van der Waals surface area contributed by atoms with Gasteiger partial charge in [0, 0.05) is 49.3 Å². The van der Waals surface area contributed by atoms with Gasteiger partial charge in [-0.05, 0) is 81.1 Å². The summed E-state index contributed by atoms with van der Waals surface area (Å²) in [6.07, 6.45) is 4.54. The molecule has 1 fully saturated rings. The van der Waals surface area contributed by atoms with Gasteiger partial charge in [0.05, 0.1) is 25.5 Å². The minimum absolute atomic E-state index is 0.00882. The van der Waals surface area contributed by atoms with Crippen molar-refractivity contribution in [3.05, 3.63) is 100 Å². The van der Waals surface area contributed by atoms with Gasteiger partial charge in [-0.2, -0.15) is 0 Å². The van der Waals surface area contributed by atoms with Crippen molar-refractivity contribution in [2.75, 3.05) is 40.1 Å². The van der Waals surface area contributed by atoms with Crippen molar-refractivity contribution < 1.29 is 27.5 Å². The van der Waals surface area contributed by atoms with E-state index in [1.165, 1.54) is 18.2 Å². The van der Waals surface area contributed by atoms with Crippen molar-refractivity contribution in [2.45, 2.75) is 58.7 Å². The molecule has 0 radical (unpaired) electrons. The zero-order valence-corrected chi connectivity index (χ0v) is 30.4. The van der Waals surface area contributed by atoms with Crippen LogP contribution in [0, 0.1) is 6.92 Å². The summed E-state index contributed by atoms with van der Waals surface area (Å²) < 4.78 is 38.5. The number of hydrogen-bond donors (Lipinski definition) is 1. The number of amides is 1. The van der Waals surface area contributed by atoms with Gasteiger partial charge < -0.3 is 19.2 Å². The maximum Gasteiger partial charge on any atom is 0.243 e. The highest BCUT2D eigenvalue weighted by molar-refractivity contribution is 7.89. The van der Waals surface area contributed by atoms with E-state index in [0.717, 1.165) is 30.4 Å². The van der Waals surface area contributed by atoms with Crippen LogP contribution < -0.4 is 14.2 Å². The van der Waals surface area contributed by atoms with Crippen molar-refractivity contribution in [3.63, 3.8) is 0 Å². The van der Waals surface area contributed by atoms with Gasteiger partial charge in [0.2, 0.25) is 15.9 Å². The van der Waals surface area contributed by atoms with E-state index in [-0.39, 0.29) is 18.2 Å². The summed E-state index contributed by atoms with van der Waals surface area (Å²) in [5.74, 6) is 1.09. The normalized spacial score (nSPS) is 16.3. The molecule has 4 rings (SSSR count). The van der Waals surface area contributed by atoms with Crippen LogP contribution in [0.25, 0.3) is 5.57 Å². The fourth-order valence-electron chi connectivity index (χ4n) is 5.45. The summed E-state index contributed by atoms with van der Waals surface area (Å²) in [7, 11) is 1.46. The molecule has 0 aliphatic carbocycles. The molecule has 1 heterocycles. The van der Waals surface area contributed by atoms with E-state index < -0.39 is 15.6 Å². The highest BCUT2D eigenvalue weighted by Gasteiger charge is 2.46. The standard InChI is InChI=1S/C25H34ClN3O5S.C12H14O/c1-25(12-14-28(25)2)24(30)29(18-19-6-9-21(26)10-7-19)13-5-15-35(31,32)27-17-20-8-11-22(33-3)16-23(20)34-4;1-3-11(8-9-13)12-7-5-4-6-10(12)2/h6-11,16,27H,5,12-15,17-18H2,1-4H3;3-7,9H,8H2,1-2H3/b;11-3-. The Morgan fingerprint density at radius 1 is 1.08 bits per heavy atom. The minimum Gasteiger partial charge on any atom is -0.497 e. The van der Waals surface area contributed by atoms with E-state index in [0.29, 0.717) is 48.0 Å². The Morgan fingerprint density at radius 2 is 1.79 bits per heavy atom. The average molecular weight is 698 g/mol. The Morgan fingerprint density at radius 3 is 2.35 bits per heavy atom. The monoisotopic (exact) mass is 697 g/mol. The van der Waals surface area contributed by atoms with Gasteiger partial charge in [0.25, 0.3) is 0 Å². The molecular formula is C37H48ClN3O6S. The molecule has 0 spiro atoms. The summed E-state index contributed by atoms with van der Waals surface area (Å²) >= 11 is 6.00. The Balaban J connectivity index is 0.000000402. The molecular weight excluding hydrogens is 650 g/mol. The van der Waals surface area contributed by atoms with Crippen molar-refractivity contribution in [2.24, 2.45) is 0 Å². The minimum atomic E-state index is -3.56. The van der Waals surface area contributed by atoms with E-state index in [2.05, 4.69) is 17.7 Å². The number of aryl methyl sites for hydroxylation is 1. The molecule has 1 amide bonds. The van der Waals surface area contributed by atoms with Gasteiger partial charge in [0.15, 0.2) is 0 Å². The maximum atomic E-state index is 13.4. The first-order chi connectivity index (χ1) is 22.9.